The van der Waals surface area contributed by atoms with Gasteiger partial charge in [0.1, 0.15) is 6.61 Å². The predicted octanol–water partition coefficient (Wildman–Crippen LogP) is 2.33. The van der Waals surface area contributed by atoms with Crippen molar-refractivity contribution in [1.82, 2.24) is 9.55 Å². The summed E-state index contributed by atoms with van der Waals surface area (Å²) in [5.41, 5.74) is 6.67. The van der Waals surface area contributed by atoms with Gasteiger partial charge in [0.2, 0.25) is 0 Å². The quantitative estimate of drug-likeness (QED) is 0.451. The summed E-state index contributed by atoms with van der Waals surface area (Å²) in [7, 11) is 0. The summed E-state index contributed by atoms with van der Waals surface area (Å²) < 4.78 is 12.9. The van der Waals surface area contributed by atoms with Crippen LogP contribution >= 0.6 is 0 Å². The van der Waals surface area contributed by atoms with E-state index in [1.165, 1.54) is 0 Å². The van der Waals surface area contributed by atoms with Gasteiger partial charge in [-0.15, -0.1) is 0 Å². The zero-order valence-corrected chi connectivity index (χ0v) is 17.8. The number of cyclic esters (lactones) is 1. The van der Waals surface area contributed by atoms with Crippen LogP contribution in [0.15, 0.2) is 41.2 Å². The molecule has 3 aromatic rings. The maximum absolute atomic E-state index is 13.6. The van der Waals surface area contributed by atoms with Crippen molar-refractivity contribution >= 4 is 16.9 Å². The maximum Gasteiger partial charge on any atom is 0.343 e. The SMILES string of the molecule is CC[C@@]1(O)C(=O)OCc2c1cc1n(c2=O)C(OCCCCN)c2cc3ccccc3nc2-1. The molecule has 5 rings (SSSR count). The van der Waals surface area contributed by atoms with Gasteiger partial charge in [0.05, 0.1) is 22.5 Å². The van der Waals surface area contributed by atoms with E-state index in [1.54, 1.807) is 17.6 Å². The van der Waals surface area contributed by atoms with Crippen LogP contribution in [0.4, 0.5) is 0 Å². The molecular weight excluding hydrogens is 410 g/mol. The highest BCUT2D eigenvalue weighted by molar-refractivity contribution is 5.86. The first-order valence-electron chi connectivity index (χ1n) is 10.9. The molecular formula is C24H25N3O5. The van der Waals surface area contributed by atoms with E-state index in [0.717, 1.165) is 29.3 Å². The van der Waals surface area contributed by atoms with Crippen LogP contribution in [0.5, 0.6) is 0 Å². The number of benzene rings is 1. The highest BCUT2D eigenvalue weighted by atomic mass is 16.6. The number of para-hydroxylation sites is 1. The smallest absolute Gasteiger partial charge is 0.343 e. The molecule has 2 aromatic heterocycles. The lowest BCUT2D eigenvalue weighted by molar-refractivity contribution is -0.172. The Hall–Kier alpha value is -3.07. The number of hydrogen-bond donors (Lipinski definition) is 2. The van der Waals surface area contributed by atoms with Gasteiger partial charge in [-0.05, 0) is 44.0 Å². The highest BCUT2D eigenvalue weighted by Crippen LogP contribution is 2.43. The number of pyridine rings is 2. The van der Waals surface area contributed by atoms with E-state index >= 15 is 0 Å². The van der Waals surface area contributed by atoms with Gasteiger partial charge in [0.25, 0.3) is 5.56 Å². The van der Waals surface area contributed by atoms with E-state index in [0.29, 0.717) is 24.5 Å². The summed E-state index contributed by atoms with van der Waals surface area (Å²) in [5.74, 6) is -0.740. The van der Waals surface area contributed by atoms with Crippen molar-refractivity contribution in [3.05, 3.63) is 63.4 Å². The molecule has 1 unspecified atom stereocenters. The fourth-order valence-electron chi connectivity index (χ4n) is 4.56. The minimum atomic E-state index is -1.86. The van der Waals surface area contributed by atoms with Crippen LogP contribution in [0.1, 0.15) is 49.1 Å². The van der Waals surface area contributed by atoms with Gasteiger partial charge in [-0.2, -0.15) is 0 Å². The summed E-state index contributed by atoms with van der Waals surface area (Å²) in [6.07, 6.45) is 1.03. The van der Waals surface area contributed by atoms with Crippen LogP contribution in [0, 0.1) is 0 Å². The van der Waals surface area contributed by atoms with Crippen LogP contribution in [0.25, 0.3) is 22.3 Å². The molecule has 8 nitrogen and oxygen atoms in total. The van der Waals surface area contributed by atoms with Gasteiger partial charge < -0.3 is 20.3 Å². The fourth-order valence-corrected chi connectivity index (χ4v) is 4.56. The summed E-state index contributed by atoms with van der Waals surface area (Å²) in [4.78, 5) is 30.8. The normalized spacial score (nSPS) is 21.2. The van der Waals surface area contributed by atoms with Crippen molar-refractivity contribution in [2.45, 2.75) is 44.6 Å². The number of hydrogen-bond acceptors (Lipinski definition) is 7. The summed E-state index contributed by atoms with van der Waals surface area (Å²) in [5, 5.41) is 12.0. The second-order valence-corrected chi connectivity index (χ2v) is 8.22. The molecule has 0 amide bonds. The lowest BCUT2D eigenvalue weighted by Gasteiger charge is -2.32. The number of esters is 1. The summed E-state index contributed by atoms with van der Waals surface area (Å²) in [6, 6.07) is 11.4. The number of unbranched alkanes of at least 4 members (excludes halogenated alkanes) is 1. The molecule has 0 saturated carbocycles. The average molecular weight is 435 g/mol. The third kappa shape index (κ3) is 2.98. The number of carbonyl (C=O) groups is 1. The minimum Gasteiger partial charge on any atom is -0.458 e. The van der Waals surface area contributed by atoms with Crippen molar-refractivity contribution in [3.63, 3.8) is 0 Å². The maximum atomic E-state index is 13.6. The molecule has 0 fully saturated rings. The first-order valence-corrected chi connectivity index (χ1v) is 10.9. The molecule has 2 atom stereocenters. The van der Waals surface area contributed by atoms with Crippen LogP contribution < -0.4 is 11.3 Å². The Morgan fingerprint density at radius 1 is 1.28 bits per heavy atom. The Morgan fingerprint density at radius 3 is 2.88 bits per heavy atom. The second kappa shape index (κ2) is 7.81. The molecule has 3 N–H and O–H groups in total. The standard InChI is InChI=1S/C24H25N3O5/c1-2-24(30)17-12-19-20-15(11-14-7-3-4-8-18(14)26-20)22(31-10-6-5-9-25)27(19)21(28)16(17)13-32-23(24)29/h3-4,7-8,11-12,22,30H,2,5-6,9-10,13,25H2,1H3/t22?,24-/m0/s1. The molecule has 0 saturated heterocycles. The average Bonchev–Trinajstić information content (AvgIpc) is 3.11. The number of aromatic nitrogens is 2. The minimum absolute atomic E-state index is 0.0960. The van der Waals surface area contributed by atoms with Crippen LogP contribution in [0.3, 0.4) is 0 Å². The van der Waals surface area contributed by atoms with Gasteiger partial charge in [0.15, 0.2) is 11.8 Å². The number of aliphatic hydroxyl groups is 1. The lowest BCUT2D eigenvalue weighted by Crippen LogP contribution is -2.44. The Morgan fingerprint density at radius 2 is 2.09 bits per heavy atom. The molecule has 2 aliphatic rings. The van der Waals surface area contributed by atoms with Gasteiger partial charge in [-0.3, -0.25) is 9.36 Å². The van der Waals surface area contributed by atoms with Crippen molar-refractivity contribution in [3.8, 4) is 11.4 Å². The topological polar surface area (TPSA) is 117 Å². The van der Waals surface area contributed by atoms with Gasteiger partial charge in [0, 0.05) is 23.1 Å². The molecule has 4 heterocycles. The number of nitrogens with two attached hydrogens (primary N) is 1. The lowest BCUT2D eigenvalue weighted by atomic mass is 9.86. The molecule has 2 aliphatic heterocycles. The molecule has 8 heteroatoms. The highest BCUT2D eigenvalue weighted by Gasteiger charge is 2.46. The zero-order valence-electron chi connectivity index (χ0n) is 17.8. The monoisotopic (exact) mass is 435 g/mol. The van der Waals surface area contributed by atoms with E-state index in [2.05, 4.69) is 0 Å². The number of rotatable bonds is 6. The molecule has 0 radical (unpaired) electrons. The molecule has 32 heavy (non-hydrogen) atoms. The molecule has 1 aromatic carbocycles. The second-order valence-electron chi connectivity index (χ2n) is 8.22. The number of fused-ring (bicyclic) bond motifs is 5. The van der Waals surface area contributed by atoms with Crippen molar-refractivity contribution < 1.29 is 19.4 Å². The third-order valence-corrected chi connectivity index (χ3v) is 6.36. The Kier molecular flexibility index (Phi) is 5.08. The van der Waals surface area contributed by atoms with E-state index in [4.69, 9.17) is 20.2 Å². The fraction of sp³-hybridized carbons (Fsp3) is 0.375. The van der Waals surface area contributed by atoms with E-state index in [9.17, 15) is 14.7 Å². The predicted molar refractivity (Wildman–Crippen MR) is 118 cm³/mol. The molecule has 166 valence electrons. The number of nitrogens with zero attached hydrogens (tertiary/aromatic N) is 2. The first kappa shape index (κ1) is 20.8. The van der Waals surface area contributed by atoms with E-state index in [1.807, 2.05) is 30.3 Å². The summed E-state index contributed by atoms with van der Waals surface area (Å²) in [6.45, 7) is 2.51. The number of ether oxygens (including phenoxy) is 2. The number of carbonyl (C=O) groups excluding carboxylic acids is 1. The van der Waals surface area contributed by atoms with Crippen molar-refractivity contribution in [2.24, 2.45) is 5.73 Å². The molecule has 0 spiro atoms. The molecule has 0 bridgehead atoms. The van der Waals surface area contributed by atoms with Gasteiger partial charge in [-0.25, -0.2) is 9.78 Å². The van der Waals surface area contributed by atoms with E-state index in [-0.39, 0.29) is 29.7 Å². The van der Waals surface area contributed by atoms with E-state index < -0.39 is 17.8 Å². The zero-order chi connectivity index (χ0) is 22.5. The van der Waals surface area contributed by atoms with Gasteiger partial charge in [-0.1, -0.05) is 25.1 Å². The first-order chi connectivity index (χ1) is 15.5. The molecule has 0 aliphatic carbocycles. The Labute approximate surface area is 184 Å². The Balaban J connectivity index is 1.73. The van der Waals surface area contributed by atoms with Crippen LogP contribution in [0.2, 0.25) is 0 Å². The van der Waals surface area contributed by atoms with Crippen molar-refractivity contribution in [1.29, 1.82) is 0 Å². The summed E-state index contributed by atoms with van der Waals surface area (Å²) >= 11 is 0. The largest absolute Gasteiger partial charge is 0.458 e. The van der Waals surface area contributed by atoms with Crippen molar-refractivity contribution in [2.75, 3.05) is 13.2 Å². The third-order valence-electron chi connectivity index (χ3n) is 6.36. The van der Waals surface area contributed by atoms with Crippen LogP contribution in [-0.4, -0.2) is 33.8 Å². The van der Waals surface area contributed by atoms with Crippen LogP contribution in [-0.2, 0) is 26.5 Å². The van der Waals surface area contributed by atoms with Gasteiger partial charge >= 0.3 is 5.97 Å². The Bertz CT molecular complexity index is 1280.